The predicted octanol–water partition coefficient (Wildman–Crippen LogP) is 3.18. The maximum absolute atomic E-state index is 5.80. The standard InChI is InChI=1S/C13H23BO2/c1-3-5-11-15-13-9-7-8-10-14(13)16-12-6-4-2/h7-10,13H,3-6,11-12H2,1-2H3. The molecule has 0 bridgehead atoms. The van der Waals surface area contributed by atoms with Crippen LogP contribution in [0.25, 0.3) is 0 Å². The quantitative estimate of drug-likeness (QED) is 0.463. The molecule has 1 heterocycles. The predicted molar refractivity (Wildman–Crippen MR) is 69.5 cm³/mol. The first-order valence-corrected chi connectivity index (χ1v) is 6.46. The molecule has 1 rings (SSSR count). The Morgan fingerprint density at radius 1 is 1.06 bits per heavy atom. The molecule has 0 fully saturated rings. The molecule has 0 radical (unpaired) electrons. The minimum absolute atomic E-state index is 0.105. The van der Waals surface area contributed by atoms with E-state index in [1.807, 2.05) is 12.2 Å². The van der Waals surface area contributed by atoms with E-state index in [4.69, 9.17) is 9.39 Å². The van der Waals surface area contributed by atoms with Gasteiger partial charge < -0.3 is 9.39 Å². The van der Waals surface area contributed by atoms with Crippen molar-refractivity contribution in [3.8, 4) is 0 Å². The van der Waals surface area contributed by atoms with Crippen molar-refractivity contribution in [2.75, 3.05) is 13.2 Å². The molecule has 0 N–H and O–H groups in total. The summed E-state index contributed by atoms with van der Waals surface area (Å²) in [4.78, 5) is 0. The van der Waals surface area contributed by atoms with Gasteiger partial charge in [-0.1, -0.05) is 50.9 Å². The Morgan fingerprint density at radius 3 is 2.56 bits per heavy atom. The molecule has 1 unspecified atom stereocenters. The summed E-state index contributed by atoms with van der Waals surface area (Å²) in [6, 6.07) is 0.105. The van der Waals surface area contributed by atoms with Crippen LogP contribution in [0.3, 0.4) is 0 Å². The normalized spacial score (nSPS) is 19.4. The topological polar surface area (TPSA) is 18.5 Å². The van der Waals surface area contributed by atoms with Gasteiger partial charge in [0.05, 0.1) is 6.00 Å². The van der Waals surface area contributed by atoms with Crippen LogP contribution < -0.4 is 0 Å². The first-order valence-electron chi connectivity index (χ1n) is 6.46. The van der Waals surface area contributed by atoms with Gasteiger partial charge in [0.2, 0.25) is 0 Å². The monoisotopic (exact) mass is 222 g/mol. The Labute approximate surface area is 99.8 Å². The summed E-state index contributed by atoms with van der Waals surface area (Å²) in [7, 11) is 0. The second-order valence-electron chi connectivity index (χ2n) is 4.15. The van der Waals surface area contributed by atoms with Gasteiger partial charge in [0.15, 0.2) is 0 Å². The van der Waals surface area contributed by atoms with Gasteiger partial charge in [0, 0.05) is 13.2 Å². The Kier molecular flexibility index (Phi) is 7.27. The van der Waals surface area contributed by atoms with Gasteiger partial charge in [0.25, 0.3) is 0 Å². The molecule has 0 aromatic carbocycles. The van der Waals surface area contributed by atoms with Crippen LogP contribution in [0.2, 0.25) is 0 Å². The van der Waals surface area contributed by atoms with Crippen LogP contribution in [0.4, 0.5) is 0 Å². The highest BCUT2D eigenvalue weighted by atomic mass is 16.5. The van der Waals surface area contributed by atoms with Gasteiger partial charge in [-0.25, -0.2) is 0 Å². The van der Waals surface area contributed by atoms with Gasteiger partial charge in [-0.3, -0.25) is 0 Å². The van der Waals surface area contributed by atoms with Gasteiger partial charge in [-0.05, 0) is 12.8 Å². The lowest BCUT2D eigenvalue weighted by molar-refractivity contribution is 0.113. The van der Waals surface area contributed by atoms with E-state index >= 15 is 0 Å². The summed E-state index contributed by atoms with van der Waals surface area (Å²) in [6.45, 7) is 6.11. The van der Waals surface area contributed by atoms with E-state index in [1.54, 1.807) is 0 Å². The molecule has 1 atom stereocenters. The number of allylic oxidation sites excluding steroid dienone is 2. The lowest BCUT2D eigenvalue weighted by Crippen LogP contribution is -2.35. The van der Waals surface area contributed by atoms with Crippen LogP contribution in [0.5, 0.6) is 0 Å². The number of unbranched alkanes of at least 4 members (excludes halogenated alkanes) is 2. The molecule has 16 heavy (non-hydrogen) atoms. The molecule has 2 nitrogen and oxygen atoms in total. The van der Waals surface area contributed by atoms with Crippen molar-refractivity contribution in [2.45, 2.75) is 45.5 Å². The van der Waals surface area contributed by atoms with Crippen LogP contribution in [0.15, 0.2) is 24.2 Å². The van der Waals surface area contributed by atoms with E-state index in [0.29, 0.717) is 0 Å². The summed E-state index contributed by atoms with van der Waals surface area (Å²) in [5.41, 5.74) is 0. The molecule has 0 spiro atoms. The Morgan fingerprint density at radius 2 is 1.81 bits per heavy atom. The van der Waals surface area contributed by atoms with Crippen LogP contribution >= 0.6 is 0 Å². The average molecular weight is 222 g/mol. The maximum Gasteiger partial charge on any atom is 0.353 e. The summed E-state index contributed by atoms with van der Waals surface area (Å²) in [5, 5.41) is 0. The molecule has 0 amide bonds. The van der Waals surface area contributed by atoms with Gasteiger partial charge in [-0.2, -0.15) is 0 Å². The van der Waals surface area contributed by atoms with E-state index < -0.39 is 0 Å². The molecule has 0 aliphatic carbocycles. The van der Waals surface area contributed by atoms with Gasteiger partial charge in [-0.15, -0.1) is 0 Å². The van der Waals surface area contributed by atoms with Crippen molar-refractivity contribution in [2.24, 2.45) is 0 Å². The summed E-state index contributed by atoms with van der Waals surface area (Å²) in [6.07, 6.45) is 10.8. The lowest BCUT2D eigenvalue weighted by Gasteiger charge is -2.21. The molecule has 0 aromatic rings. The molecule has 3 heteroatoms. The minimum atomic E-state index is 0.105. The van der Waals surface area contributed by atoms with Gasteiger partial charge in [0.1, 0.15) is 0 Å². The first kappa shape index (κ1) is 13.5. The SMILES string of the molecule is CCCCOB1C=CC=CC1OCCCC. The van der Waals surface area contributed by atoms with Gasteiger partial charge >= 0.3 is 6.92 Å². The Bertz CT molecular complexity index is 202. The molecule has 0 aromatic heterocycles. The zero-order valence-corrected chi connectivity index (χ0v) is 10.5. The zero-order chi connectivity index (χ0) is 11.6. The van der Waals surface area contributed by atoms with E-state index in [9.17, 15) is 0 Å². The molecule has 90 valence electrons. The highest BCUT2D eigenvalue weighted by Gasteiger charge is 2.25. The second-order valence-corrected chi connectivity index (χ2v) is 4.15. The van der Waals surface area contributed by atoms with E-state index in [2.05, 4.69) is 25.9 Å². The number of hydrogen-bond acceptors (Lipinski definition) is 2. The molecule has 1 aliphatic rings. The third-order valence-corrected chi connectivity index (χ3v) is 2.65. The van der Waals surface area contributed by atoms with Crippen molar-refractivity contribution in [3.63, 3.8) is 0 Å². The highest BCUT2D eigenvalue weighted by molar-refractivity contribution is 6.60. The van der Waals surface area contributed by atoms with E-state index in [0.717, 1.165) is 26.1 Å². The maximum atomic E-state index is 5.80. The molecular weight excluding hydrogens is 199 g/mol. The zero-order valence-electron chi connectivity index (χ0n) is 10.5. The fourth-order valence-corrected chi connectivity index (χ4v) is 1.59. The molecule has 0 saturated carbocycles. The van der Waals surface area contributed by atoms with Crippen molar-refractivity contribution in [3.05, 3.63) is 24.2 Å². The van der Waals surface area contributed by atoms with Crippen molar-refractivity contribution in [1.82, 2.24) is 0 Å². The smallest absolute Gasteiger partial charge is 0.353 e. The molecule has 1 aliphatic heterocycles. The summed E-state index contributed by atoms with van der Waals surface area (Å²) < 4.78 is 11.6. The number of hydrogen-bond donors (Lipinski definition) is 0. The van der Waals surface area contributed by atoms with Crippen molar-refractivity contribution in [1.29, 1.82) is 0 Å². The lowest BCUT2D eigenvalue weighted by atomic mass is 9.59. The molecular formula is C13H23BO2. The van der Waals surface area contributed by atoms with Crippen molar-refractivity contribution < 1.29 is 9.39 Å². The van der Waals surface area contributed by atoms with Crippen LogP contribution in [0, 0.1) is 0 Å². The minimum Gasteiger partial charge on any atom is -0.429 e. The van der Waals surface area contributed by atoms with E-state index in [-0.39, 0.29) is 12.9 Å². The number of rotatable bonds is 8. The fourth-order valence-electron chi connectivity index (χ4n) is 1.59. The Hall–Kier alpha value is -0.535. The summed E-state index contributed by atoms with van der Waals surface area (Å²) in [5.74, 6) is 2.09. The third-order valence-electron chi connectivity index (χ3n) is 2.65. The first-order chi connectivity index (χ1) is 7.88. The number of ether oxygens (including phenoxy) is 1. The average Bonchev–Trinajstić information content (AvgIpc) is 2.32. The highest BCUT2D eigenvalue weighted by Crippen LogP contribution is 2.10. The third kappa shape index (κ3) is 5.00. The van der Waals surface area contributed by atoms with Crippen LogP contribution in [-0.4, -0.2) is 26.1 Å². The fraction of sp³-hybridized carbons (Fsp3) is 0.692. The Balaban J connectivity index is 2.28. The van der Waals surface area contributed by atoms with Crippen LogP contribution in [0.1, 0.15) is 39.5 Å². The molecule has 0 saturated heterocycles. The summed E-state index contributed by atoms with van der Waals surface area (Å²) >= 11 is 0. The van der Waals surface area contributed by atoms with Crippen LogP contribution in [-0.2, 0) is 9.39 Å². The van der Waals surface area contributed by atoms with Crippen molar-refractivity contribution >= 4 is 6.92 Å². The second kappa shape index (κ2) is 8.60. The van der Waals surface area contributed by atoms with E-state index in [1.165, 1.54) is 12.8 Å². The largest absolute Gasteiger partial charge is 0.429 e.